The number of halogens is 24. The van der Waals surface area contributed by atoms with Crippen molar-refractivity contribution in [2.45, 2.75) is 75.9 Å². The summed E-state index contributed by atoms with van der Waals surface area (Å²) < 4.78 is 348. The Morgan fingerprint density at radius 2 is 0.675 bits per heavy atom. The van der Waals surface area contributed by atoms with Crippen molar-refractivity contribution in [1.29, 1.82) is 0 Å². The number of para-hydroxylation sites is 1. The maximum absolute atomic E-state index is 14.2. The van der Waals surface area contributed by atoms with Gasteiger partial charge in [-0.15, -0.1) is 0 Å². The van der Waals surface area contributed by atoms with Crippen LogP contribution in [0.1, 0.15) is 74.3 Å². The van der Waals surface area contributed by atoms with Crippen LogP contribution in [0.5, 0.6) is 0 Å². The van der Waals surface area contributed by atoms with Gasteiger partial charge in [0.2, 0.25) is 5.52 Å². The number of pyridine rings is 1. The quantitative estimate of drug-likeness (QED) is 0.0657. The maximum atomic E-state index is 14.2. The average Bonchev–Trinajstić information content (AvgIpc) is 3.47. The monoisotopic (exact) mass is 1170 g/mol. The Hall–Kier alpha value is -7.42. The molecule has 1 aromatic heterocycles. The van der Waals surface area contributed by atoms with Crippen molar-refractivity contribution in [2.75, 3.05) is 0 Å². The van der Waals surface area contributed by atoms with Gasteiger partial charge < -0.3 is 4.74 Å². The van der Waals surface area contributed by atoms with E-state index in [1.807, 2.05) is 50.2 Å². The van der Waals surface area contributed by atoms with Crippen molar-refractivity contribution in [3.8, 4) is 0 Å². The number of carbonyl (C=O) groups is 1. The topological polar surface area (TPSA) is 30.2 Å². The molecule has 0 atom stereocenters. The fourth-order valence-corrected chi connectivity index (χ4v) is 8.65. The van der Waals surface area contributed by atoms with Gasteiger partial charge in [0.05, 0.1) is 56.2 Å². The molecule has 7 rings (SSSR count). The number of aromatic nitrogens is 1. The van der Waals surface area contributed by atoms with Crippen LogP contribution in [-0.4, -0.2) is 18.2 Å². The lowest BCUT2D eigenvalue weighted by molar-refractivity contribution is -0.662. The van der Waals surface area contributed by atoms with Gasteiger partial charge in [-0.1, -0.05) is 72.8 Å². The number of ether oxygens (including phenoxy) is 1. The molecule has 7 aromatic rings. The summed E-state index contributed by atoms with van der Waals surface area (Å²) in [4.78, 5) is 11.9. The predicted molar refractivity (Wildman–Crippen MR) is 240 cm³/mol. The number of esters is 1. The summed E-state index contributed by atoms with van der Waals surface area (Å²) in [6.07, 6.45) is -52.8. The Balaban J connectivity index is 0.000000370. The molecule has 0 bridgehead atoms. The molecule has 0 unspecified atom stereocenters. The first-order valence-electron chi connectivity index (χ1n) is 22.4. The minimum absolute atomic E-state index is 0.103. The second kappa shape index (κ2) is 21.6. The summed E-state index contributed by atoms with van der Waals surface area (Å²) in [7, 11) is 0. The number of hydrogen-bond donors (Lipinski definition) is 0. The van der Waals surface area contributed by atoms with Gasteiger partial charge in [0.25, 0.3) is 0 Å². The fourth-order valence-electron chi connectivity index (χ4n) is 8.65. The summed E-state index contributed by atoms with van der Waals surface area (Å²) in [5.41, 5.74) is -27.3. The predicted octanol–water partition coefficient (Wildman–Crippen LogP) is 15.0. The van der Waals surface area contributed by atoms with E-state index in [4.69, 9.17) is 4.74 Å². The third-order valence-electron chi connectivity index (χ3n) is 12.1. The van der Waals surface area contributed by atoms with Crippen molar-refractivity contribution in [3.63, 3.8) is 0 Å². The van der Waals surface area contributed by atoms with E-state index in [1.54, 1.807) is 0 Å². The number of nitrogens with zero attached hydrogens (tertiary/aromatic N) is 1. The minimum atomic E-state index is -6.13. The van der Waals surface area contributed by atoms with E-state index < -0.39 is 195 Å². The number of benzene rings is 6. The summed E-state index contributed by atoms with van der Waals surface area (Å²) in [5.74, 6) is -0.274. The van der Waals surface area contributed by atoms with Crippen LogP contribution in [0.3, 0.4) is 0 Å². The van der Waals surface area contributed by atoms with Gasteiger partial charge in [0.1, 0.15) is 6.15 Å². The van der Waals surface area contributed by atoms with Crippen molar-refractivity contribution in [3.05, 3.63) is 195 Å². The van der Waals surface area contributed by atoms with Crippen LogP contribution in [0.4, 0.5) is 105 Å². The molecule has 0 saturated carbocycles. The summed E-state index contributed by atoms with van der Waals surface area (Å²) in [5, 5.41) is 1.21. The van der Waals surface area contributed by atoms with E-state index in [0.717, 1.165) is 12.1 Å². The zero-order chi connectivity index (χ0) is 60.1. The summed E-state index contributed by atoms with van der Waals surface area (Å²) >= 11 is 0. The van der Waals surface area contributed by atoms with Gasteiger partial charge in [-0.05, 0) is 62.4 Å². The van der Waals surface area contributed by atoms with Crippen LogP contribution in [0, 0.1) is 0 Å². The number of hydrogen-bond acceptors (Lipinski definition) is 2. The second-order valence-electron chi connectivity index (χ2n) is 18.1. The Bertz CT molecular complexity index is 2940. The molecule has 428 valence electrons. The highest BCUT2D eigenvalue weighted by atomic mass is 19.4. The molecule has 0 spiro atoms. The molecule has 0 aliphatic rings. The molecular formula is C52H32BF24NO2. The largest absolute Gasteiger partial charge is 0.459 e. The molecule has 0 fully saturated rings. The first-order chi connectivity index (χ1) is 36.4. The Labute approximate surface area is 434 Å². The van der Waals surface area contributed by atoms with Crippen molar-refractivity contribution in [1.82, 2.24) is 0 Å². The highest BCUT2D eigenvalue weighted by molar-refractivity contribution is 7.20. The van der Waals surface area contributed by atoms with Gasteiger partial charge >= 0.3 is 55.4 Å². The molecule has 0 radical (unpaired) electrons. The van der Waals surface area contributed by atoms with E-state index in [2.05, 4.69) is 35.0 Å². The van der Waals surface area contributed by atoms with Crippen LogP contribution < -0.4 is 26.4 Å². The first kappa shape index (κ1) is 61.8. The van der Waals surface area contributed by atoms with E-state index in [9.17, 15) is 110 Å². The van der Waals surface area contributed by atoms with Gasteiger partial charge in [-0.3, -0.25) is 0 Å². The van der Waals surface area contributed by atoms with Gasteiger partial charge in [0.15, 0.2) is 12.7 Å². The number of rotatable bonds is 8. The van der Waals surface area contributed by atoms with Gasteiger partial charge in [-0.2, -0.15) is 132 Å². The fraction of sp³-hybridized carbons (Fsp3) is 0.231. The molecule has 1 heterocycles. The number of fused-ring (bicyclic) bond motifs is 1. The average molecular weight is 1170 g/mol. The van der Waals surface area contributed by atoms with Gasteiger partial charge in [0, 0.05) is 23.1 Å². The molecule has 6 aromatic carbocycles. The molecule has 0 aliphatic carbocycles. The van der Waals surface area contributed by atoms with E-state index in [0.29, 0.717) is 5.56 Å². The normalized spacial score (nSPS) is 13.3. The minimum Gasteiger partial charge on any atom is -0.459 e. The molecule has 3 nitrogen and oxygen atoms in total. The lowest BCUT2D eigenvalue weighted by Crippen LogP contribution is -2.75. The molecule has 0 saturated heterocycles. The summed E-state index contributed by atoms with van der Waals surface area (Å²) in [6.45, 7) is 4.47. The van der Waals surface area contributed by atoms with E-state index >= 15 is 0 Å². The standard InChI is InChI=1S/C32H12BF24.C20H20NO2/c34-25(35,36)13-1-14(26(37,38)39)6-21(5-13)33(22-7-15(27(40,41)42)2-16(8-22)28(43,44)45,23-9-17(29(46,47)48)3-18(10-23)30(49,50)51)24-11-19(31(52,53)54)4-20(12-24)32(55,56)57;1-15(2)23-20(22)18-11-9-16(10-12-18)14-21-13-5-7-17-6-3-4-8-19(17)21/h1-12H;3-13,15H,14H2,1-2H3/q-1;+1. The van der Waals surface area contributed by atoms with Crippen LogP contribution in [0.25, 0.3) is 10.9 Å². The highest BCUT2D eigenvalue weighted by Gasteiger charge is 2.47. The lowest BCUT2D eigenvalue weighted by atomic mass is 9.12. The number of alkyl halides is 24. The van der Waals surface area contributed by atoms with Crippen molar-refractivity contribution >= 4 is 44.9 Å². The molecule has 0 aliphatic heterocycles. The Morgan fingerprint density at radius 1 is 0.400 bits per heavy atom. The van der Waals surface area contributed by atoms with Crippen LogP contribution in [0.15, 0.2) is 140 Å². The zero-order valence-electron chi connectivity index (χ0n) is 40.0. The zero-order valence-corrected chi connectivity index (χ0v) is 40.0. The molecule has 80 heavy (non-hydrogen) atoms. The van der Waals surface area contributed by atoms with E-state index in [1.165, 1.54) is 10.9 Å². The van der Waals surface area contributed by atoms with E-state index in [-0.39, 0.29) is 12.1 Å². The maximum Gasteiger partial charge on any atom is 0.416 e. The van der Waals surface area contributed by atoms with Crippen LogP contribution >= 0.6 is 0 Å². The molecule has 0 N–H and O–H groups in total. The molecular weight excluding hydrogens is 1140 g/mol. The molecule has 0 amide bonds. The van der Waals surface area contributed by atoms with Gasteiger partial charge in [-0.25, -0.2) is 4.79 Å². The summed E-state index contributed by atoms with van der Waals surface area (Å²) in [6, 6.07) is 11.3. The smallest absolute Gasteiger partial charge is 0.416 e. The van der Waals surface area contributed by atoms with Crippen molar-refractivity contribution in [2.24, 2.45) is 0 Å². The Kier molecular flexibility index (Phi) is 16.7. The van der Waals surface area contributed by atoms with Crippen LogP contribution in [0.2, 0.25) is 0 Å². The molecule has 28 heteroatoms. The Morgan fingerprint density at radius 3 is 0.950 bits per heavy atom. The third kappa shape index (κ3) is 14.1. The number of carbonyl (C=O) groups excluding carboxylic acids is 1. The van der Waals surface area contributed by atoms with Crippen LogP contribution in [-0.2, 0) is 60.7 Å². The van der Waals surface area contributed by atoms with Crippen molar-refractivity contribution < 1.29 is 119 Å². The highest BCUT2D eigenvalue weighted by Crippen LogP contribution is 2.41. The first-order valence-corrected chi connectivity index (χ1v) is 22.4. The SMILES string of the molecule is CC(C)OC(=O)c1ccc(C[n+]2cccc3ccccc32)cc1.FC(F)(F)c1cc([B-](c2cc(C(F)(F)F)cc(C(F)(F)F)c2)(c2cc(C(F)(F)F)cc(C(F)(F)F)c2)c2cc(C(F)(F)F)cc(C(F)(F)F)c2)cc(C(F)(F)F)c1. The lowest BCUT2D eigenvalue weighted by Gasteiger charge is -2.46. The second-order valence-corrected chi connectivity index (χ2v) is 18.1. The third-order valence-corrected chi connectivity index (χ3v) is 12.1.